The summed E-state index contributed by atoms with van der Waals surface area (Å²) in [6.07, 6.45) is 1.67. The van der Waals surface area contributed by atoms with Gasteiger partial charge in [-0.3, -0.25) is 14.8 Å². The normalized spacial score (nSPS) is 11.3. The summed E-state index contributed by atoms with van der Waals surface area (Å²) in [5, 5.41) is 11.3. The third kappa shape index (κ3) is 5.94. The molecule has 27 heavy (non-hydrogen) atoms. The molecule has 2 aromatic rings. The lowest BCUT2D eigenvalue weighted by Crippen LogP contribution is -2.61. The average Bonchev–Trinajstić information content (AvgIpc) is 3.15. The van der Waals surface area contributed by atoms with E-state index in [9.17, 15) is 9.59 Å². The molecule has 1 heterocycles. The number of nitrogens with zero attached hydrogens (tertiary/aromatic N) is 1. The van der Waals surface area contributed by atoms with Crippen molar-refractivity contribution in [1.29, 1.82) is 0 Å². The Balaban J connectivity index is 2.06. The summed E-state index contributed by atoms with van der Waals surface area (Å²) in [4.78, 5) is 24.9. The van der Waals surface area contributed by atoms with Crippen LogP contribution >= 0.6 is 11.5 Å². The van der Waals surface area contributed by atoms with Gasteiger partial charge in [-0.1, -0.05) is 5.92 Å². The summed E-state index contributed by atoms with van der Waals surface area (Å²) >= 11 is 1.30. The first-order chi connectivity index (χ1) is 12.8. The van der Waals surface area contributed by atoms with Crippen molar-refractivity contribution in [3.63, 3.8) is 0 Å². The van der Waals surface area contributed by atoms with E-state index in [1.807, 2.05) is 0 Å². The van der Waals surface area contributed by atoms with Crippen molar-refractivity contribution >= 4 is 23.3 Å². The Bertz CT molecular complexity index is 924. The zero-order chi connectivity index (χ0) is 19.9. The quantitative estimate of drug-likeness (QED) is 0.356. The fourth-order valence-electron chi connectivity index (χ4n) is 2.05. The van der Waals surface area contributed by atoms with Crippen LogP contribution in [0.4, 0.5) is 0 Å². The highest BCUT2D eigenvalue weighted by atomic mass is 32.1. The molecule has 2 rings (SSSR count). The van der Waals surface area contributed by atoms with Crippen molar-refractivity contribution in [2.75, 3.05) is 0 Å². The fraction of sp³-hybridized carbons (Fsp3) is 0.211. The molecular formula is C19H18N4O3S. The van der Waals surface area contributed by atoms with Gasteiger partial charge in [0.2, 0.25) is 0 Å². The van der Waals surface area contributed by atoms with Gasteiger partial charge in [0.15, 0.2) is 0 Å². The van der Waals surface area contributed by atoms with Crippen LogP contribution in [0.1, 0.15) is 34.6 Å². The SMILES string of the molecule is CC(C)(N)[C@H](NC(=O)c1ccc(C#CC#Cc2ccns2)cc1)C(=O)NO. The van der Waals surface area contributed by atoms with Crippen LogP contribution in [0.2, 0.25) is 0 Å². The number of nitrogens with two attached hydrogens (primary N) is 1. The van der Waals surface area contributed by atoms with Gasteiger partial charge in [0, 0.05) is 22.9 Å². The van der Waals surface area contributed by atoms with Crippen molar-refractivity contribution in [1.82, 2.24) is 15.2 Å². The Morgan fingerprint density at radius 1 is 1.19 bits per heavy atom. The number of hydrogen-bond acceptors (Lipinski definition) is 6. The summed E-state index contributed by atoms with van der Waals surface area (Å²) in [7, 11) is 0. The number of nitrogens with one attached hydrogen (secondary N) is 2. The maximum Gasteiger partial charge on any atom is 0.267 e. The highest BCUT2D eigenvalue weighted by Gasteiger charge is 2.33. The smallest absolute Gasteiger partial charge is 0.267 e. The van der Waals surface area contributed by atoms with Crippen LogP contribution in [0, 0.1) is 23.7 Å². The first kappa shape index (κ1) is 20.1. The molecule has 0 fully saturated rings. The minimum atomic E-state index is -1.10. The van der Waals surface area contributed by atoms with Crippen molar-refractivity contribution < 1.29 is 14.8 Å². The number of rotatable bonds is 4. The van der Waals surface area contributed by atoms with Crippen LogP contribution in [-0.4, -0.2) is 33.0 Å². The minimum absolute atomic E-state index is 0.330. The van der Waals surface area contributed by atoms with E-state index < -0.39 is 23.4 Å². The molecule has 8 heteroatoms. The van der Waals surface area contributed by atoms with Gasteiger partial charge in [-0.2, -0.15) is 4.37 Å². The minimum Gasteiger partial charge on any atom is -0.338 e. The molecule has 0 radical (unpaired) electrons. The third-order valence-corrected chi connectivity index (χ3v) is 4.09. The Labute approximate surface area is 161 Å². The predicted octanol–water partition coefficient (Wildman–Crippen LogP) is 0.887. The molecule has 0 aliphatic rings. The lowest BCUT2D eigenvalue weighted by Gasteiger charge is -2.29. The van der Waals surface area contributed by atoms with E-state index in [2.05, 4.69) is 33.4 Å². The Kier molecular flexibility index (Phi) is 6.69. The number of benzene rings is 1. The molecule has 1 atom stereocenters. The van der Waals surface area contributed by atoms with E-state index in [1.54, 1.807) is 50.4 Å². The van der Waals surface area contributed by atoms with E-state index in [0.29, 0.717) is 11.1 Å². The van der Waals surface area contributed by atoms with Crippen molar-refractivity contribution in [2.45, 2.75) is 25.4 Å². The monoisotopic (exact) mass is 382 g/mol. The van der Waals surface area contributed by atoms with Crippen LogP contribution in [0.15, 0.2) is 36.5 Å². The Hall–Kier alpha value is -3.17. The summed E-state index contributed by atoms with van der Waals surface area (Å²) in [6.45, 7) is 3.14. The molecule has 1 aromatic heterocycles. The standard InChI is InChI=1S/C19H18N4O3S/c1-19(2,20)16(18(25)23-26)22-17(24)14-9-7-13(8-10-14)5-3-4-6-15-11-12-21-27-15/h7-12,16,26H,20H2,1-2H3,(H,22,24)(H,23,25)/t16-/m1/s1. The van der Waals surface area contributed by atoms with Gasteiger partial charge in [-0.25, -0.2) is 5.48 Å². The van der Waals surface area contributed by atoms with Crippen LogP contribution < -0.4 is 16.5 Å². The van der Waals surface area contributed by atoms with E-state index in [4.69, 9.17) is 10.9 Å². The molecular weight excluding hydrogens is 364 g/mol. The van der Waals surface area contributed by atoms with Gasteiger partial charge in [0.25, 0.3) is 11.8 Å². The maximum absolute atomic E-state index is 12.3. The highest BCUT2D eigenvalue weighted by Crippen LogP contribution is 2.09. The van der Waals surface area contributed by atoms with E-state index in [0.717, 1.165) is 4.88 Å². The third-order valence-electron chi connectivity index (χ3n) is 3.43. The van der Waals surface area contributed by atoms with Gasteiger partial charge in [0.05, 0.1) is 4.88 Å². The second-order valence-corrected chi connectivity index (χ2v) is 6.99. The van der Waals surface area contributed by atoms with Gasteiger partial charge in [0.1, 0.15) is 6.04 Å². The topological polar surface area (TPSA) is 117 Å². The van der Waals surface area contributed by atoms with E-state index >= 15 is 0 Å². The van der Waals surface area contributed by atoms with E-state index in [-0.39, 0.29) is 0 Å². The Morgan fingerprint density at radius 3 is 2.41 bits per heavy atom. The molecule has 1 aromatic carbocycles. The summed E-state index contributed by atoms with van der Waals surface area (Å²) < 4.78 is 3.94. The van der Waals surface area contributed by atoms with Crippen LogP contribution in [0.3, 0.4) is 0 Å². The lowest BCUT2D eigenvalue weighted by atomic mass is 9.95. The molecule has 138 valence electrons. The second-order valence-electron chi connectivity index (χ2n) is 6.16. The predicted molar refractivity (Wildman–Crippen MR) is 102 cm³/mol. The zero-order valence-corrected chi connectivity index (χ0v) is 15.6. The Morgan fingerprint density at radius 2 is 1.85 bits per heavy atom. The fourth-order valence-corrected chi connectivity index (χ4v) is 2.50. The first-order valence-corrected chi connectivity index (χ1v) is 8.65. The number of aromatic nitrogens is 1. The number of carbonyl (C=O) groups is 2. The van der Waals surface area contributed by atoms with Gasteiger partial charge in [-0.05, 0) is 73.5 Å². The van der Waals surface area contributed by atoms with Crippen LogP contribution in [-0.2, 0) is 4.79 Å². The number of carbonyl (C=O) groups excluding carboxylic acids is 2. The van der Waals surface area contributed by atoms with Gasteiger partial charge < -0.3 is 11.1 Å². The van der Waals surface area contributed by atoms with Crippen molar-refractivity contribution in [3.8, 4) is 23.7 Å². The molecule has 0 saturated carbocycles. The summed E-state index contributed by atoms with van der Waals surface area (Å²) in [5.41, 5.74) is 7.35. The maximum atomic E-state index is 12.3. The average molecular weight is 382 g/mol. The summed E-state index contributed by atoms with van der Waals surface area (Å²) in [5.74, 6) is 9.93. The second kappa shape index (κ2) is 8.97. The number of hydroxylamine groups is 1. The molecule has 7 nitrogen and oxygen atoms in total. The van der Waals surface area contributed by atoms with Gasteiger partial charge in [-0.15, -0.1) is 0 Å². The lowest BCUT2D eigenvalue weighted by molar-refractivity contribution is -0.132. The molecule has 2 amide bonds. The molecule has 0 aliphatic heterocycles. The van der Waals surface area contributed by atoms with Gasteiger partial charge >= 0.3 is 0 Å². The van der Waals surface area contributed by atoms with E-state index in [1.165, 1.54) is 17.0 Å². The highest BCUT2D eigenvalue weighted by molar-refractivity contribution is 7.06. The number of amides is 2. The zero-order valence-electron chi connectivity index (χ0n) is 14.7. The van der Waals surface area contributed by atoms with Crippen LogP contribution in [0.5, 0.6) is 0 Å². The molecule has 0 unspecified atom stereocenters. The van der Waals surface area contributed by atoms with Crippen molar-refractivity contribution in [2.24, 2.45) is 5.73 Å². The first-order valence-electron chi connectivity index (χ1n) is 7.87. The van der Waals surface area contributed by atoms with Crippen LogP contribution in [0.25, 0.3) is 0 Å². The molecule has 0 bridgehead atoms. The molecule has 5 N–H and O–H groups in total. The largest absolute Gasteiger partial charge is 0.338 e. The summed E-state index contributed by atoms with van der Waals surface area (Å²) in [6, 6.07) is 7.20. The molecule has 0 spiro atoms. The molecule has 0 saturated heterocycles. The van der Waals surface area contributed by atoms with Crippen molar-refractivity contribution in [3.05, 3.63) is 52.5 Å². The number of hydrogen-bond donors (Lipinski definition) is 4. The molecule has 0 aliphatic carbocycles.